The van der Waals surface area contributed by atoms with Crippen molar-refractivity contribution in [2.24, 2.45) is 0 Å². The third-order valence-electron chi connectivity index (χ3n) is 5.71. The Labute approximate surface area is 207 Å². The highest BCUT2D eigenvalue weighted by Gasteiger charge is 2.23. The van der Waals surface area contributed by atoms with Crippen LogP contribution in [0.25, 0.3) is 22.3 Å². The van der Waals surface area contributed by atoms with E-state index < -0.39 is 17.5 Å². The molecule has 0 saturated heterocycles. The van der Waals surface area contributed by atoms with Crippen molar-refractivity contribution in [2.75, 3.05) is 24.9 Å². The van der Waals surface area contributed by atoms with Crippen LogP contribution < -0.4 is 25.7 Å². The van der Waals surface area contributed by atoms with Gasteiger partial charge in [-0.1, -0.05) is 30.3 Å². The molecule has 4 rings (SSSR count). The zero-order valence-electron chi connectivity index (χ0n) is 20.4. The summed E-state index contributed by atoms with van der Waals surface area (Å²) in [4.78, 5) is 43.4. The van der Waals surface area contributed by atoms with Crippen molar-refractivity contribution in [3.05, 3.63) is 77.1 Å². The quantitative estimate of drug-likeness (QED) is 0.404. The van der Waals surface area contributed by atoms with Gasteiger partial charge in [0.25, 0.3) is 5.56 Å². The van der Waals surface area contributed by atoms with Crippen LogP contribution in [0.3, 0.4) is 0 Å². The maximum atomic E-state index is 13.8. The summed E-state index contributed by atoms with van der Waals surface area (Å²) in [6.45, 7) is 3.04. The molecule has 9 heteroatoms. The van der Waals surface area contributed by atoms with Crippen LogP contribution in [0.2, 0.25) is 0 Å². The molecule has 0 fully saturated rings. The molecule has 0 aliphatic carbocycles. The van der Waals surface area contributed by atoms with Crippen LogP contribution in [-0.2, 0) is 9.59 Å². The number of nitrogens with zero attached hydrogens (tertiary/aromatic N) is 2. The number of ether oxygens (including phenoxy) is 2. The van der Waals surface area contributed by atoms with E-state index >= 15 is 0 Å². The number of hydrogen-bond donors (Lipinski definition) is 2. The molecule has 0 saturated carbocycles. The maximum Gasteiger partial charge on any atom is 0.278 e. The molecule has 4 aromatic rings. The van der Waals surface area contributed by atoms with Crippen LogP contribution >= 0.6 is 0 Å². The van der Waals surface area contributed by atoms with E-state index in [4.69, 9.17) is 9.47 Å². The number of para-hydroxylation sites is 3. The van der Waals surface area contributed by atoms with E-state index in [1.54, 1.807) is 67.6 Å². The number of hydrogen-bond acceptors (Lipinski definition) is 6. The Morgan fingerprint density at radius 1 is 0.917 bits per heavy atom. The molecule has 0 aliphatic rings. The molecule has 0 unspecified atom stereocenters. The van der Waals surface area contributed by atoms with Gasteiger partial charge in [0.15, 0.2) is 11.5 Å². The van der Waals surface area contributed by atoms with Crippen LogP contribution in [0, 0.1) is 0 Å². The number of nitrogens with one attached hydrogen (secondary N) is 2. The summed E-state index contributed by atoms with van der Waals surface area (Å²) in [6, 6.07) is 18.2. The standard InChI is InChI=1S/C27H26N4O5/c1-16(26(33)29-18-13-14-23(35-3)24(15-18)36-4)31-22-12-8-7-11-21(22)30-25(27(31)34)19-9-5-6-10-20(19)28-17(2)32/h5-16H,1-4H3,(H,28,32)(H,29,33)/t16-/m1/s1. The Hall–Kier alpha value is -4.66. The Balaban J connectivity index is 1.80. The third-order valence-corrected chi connectivity index (χ3v) is 5.71. The lowest BCUT2D eigenvalue weighted by atomic mass is 10.1. The average Bonchev–Trinajstić information content (AvgIpc) is 2.88. The van der Waals surface area contributed by atoms with Crippen LogP contribution in [0.5, 0.6) is 11.5 Å². The Morgan fingerprint density at radius 3 is 2.33 bits per heavy atom. The Kier molecular flexibility index (Phi) is 7.00. The third kappa shape index (κ3) is 4.76. The number of rotatable bonds is 7. The molecule has 184 valence electrons. The van der Waals surface area contributed by atoms with Crippen LogP contribution in [0.15, 0.2) is 71.5 Å². The fraction of sp³-hybridized carbons (Fsp3) is 0.185. The Bertz CT molecular complexity index is 1510. The smallest absolute Gasteiger partial charge is 0.278 e. The van der Waals surface area contributed by atoms with Gasteiger partial charge in [0.1, 0.15) is 11.7 Å². The first-order valence-electron chi connectivity index (χ1n) is 11.2. The minimum Gasteiger partial charge on any atom is -0.493 e. The number of fused-ring (bicyclic) bond motifs is 1. The molecule has 1 heterocycles. The van der Waals surface area contributed by atoms with E-state index in [0.29, 0.717) is 39.5 Å². The second-order valence-electron chi connectivity index (χ2n) is 8.09. The van der Waals surface area contributed by atoms with Gasteiger partial charge in [0, 0.05) is 24.2 Å². The number of carbonyl (C=O) groups excluding carboxylic acids is 2. The van der Waals surface area contributed by atoms with E-state index in [0.717, 1.165) is 0 Å². The highest BCUT2D eigenvalue weighted by Crippen LogP contribution is 2.30. The molecule has 2 amide bonds. The van der Waals surface area contributed by atoms with Crippen LogP contribution in [0.4, 0.5) is 11.4 Å². The second-order valence-corrected chi connectivity index (χ2v) is 8.09. The fourth-order valence-corrected chi connectivity index (χ4v) is 3.98. The van der Waals surface area contributed by atoms with Gasteiger partial charge in [-0.25, -0.2) is 4.98 Å². The van der Waals surface area contributed by atoms with Crippen molar-refractivity contribution in [3.8, 4) is 22.8 Å². The first kappa shape index (κ1) is 24.5. The predicted molar refractivity (Wildman–Crippen MR) is 139 cm³/mol. The lowest BCUT2D eigenvalue weighted by molar-refractivity contribution is -0.118. The van der Waals surface area contributed by atoms with Gasteiger partial charge >= 0.3 is 0 Å². The van der Waals surface area contributed by atoms with Crippen LogP contribution in [-0.4, -0.2) is 35.6 Å². The summed E-state index contributed by atoms with van der Waals surface area (Å²) >= 11 is 0. The van der Waals surface area contributed by atoms with Gasteiger partial charge in [0.2, 0.25) is 11.8 Å². The summed E-state index contributed by atoms with van der Waals surface area (Å²) in [5.74, 6) is 0.321. The van der Waals surface area contributed by atoms with E-state index in [1.807, 2.05) is 6.07 Å². The second kappa shape index (κ2) is 10.3. The van der Waals surface area contributed by atoms with Crippen molar-refractivity contribution in [1.29, 1.82) is 0 Å². The molecule has 36 heavy (non-hydrogen) atoms. The van der Waals surface area contributed by atoms with Crippen molar-refractivity contribution in [1.82, 2.24) is 9.55 Å². The summed E-state index contributed by atoms with van der Waals surface area (Å²) in [5, 5.41) is 5.59. The van der Waals surface area contributed by atoms with Crippen molar-refractivity contribution in [3.63, 3.8) is 0 Å². The largest absolute Gasteiger partial charge is 0.493 e. The Morgan fingerprint density at radius 2 is 1.61 bits per heavy atom. The molecule has 0 bridgehead atoms. The van der Waals surface area contributed by atoms with Gasteiger partial charge in [-0.3, -0.25) is 19.0 Å². The number of amides is 2. The maximum absolute atomic E-state index is 13.8. The minimum absolute atomic E-state index is 0.129. The highest BCUT2D eigenvalue weighted by atomic mass is 16.5. The zero-order chi connectivity index (χ0) is 25.8. The van der Waals surface area contributed by atoms with Gasteiger partial charge in [-0.15, -0.1) is 0 Å². The van der Waals surface area contributed by atoms with Gasteiger partial charge < -0.3 is 20.1 Å². The van der Waals surface area contributed by atoms with Crippen molar-refractivity contribution < 1.29 is 19.1 Å². The highest BCUT2D eigenvalue weighted by molar-refractivity contribution is 5.96. The van der Waals surface area contributed by atoms with Crippen LogP contribution in [0.1, 0.15) is 19.9 Å². The van der Waals surface area contributed by atoms with Crippen molar-refractivity contribution >= 4 is 34.2 Å². The summed E-state index contributed by atoms with van der Waals surface area (Å²) in [7, 11) is 3.04. The molecule has 0 aliphatic heterocycles. The molecule has 3 aromatic carbocycles. The van der Waals surface area contributed by atoms with Gasteiger partial charge in [-0.05, 0) is 37.3 Å². The van der Waals surface area contributed by atoms with Gasteiger partial charge in [0.05, 0.1) is 30.9 Å². The SMILES string of the molecule is COc1ccc(NC(=O)[C@@H](C)n2c(=O)c(-c3ccccc3NC(C)=O)nc3ccccc32)cc1OC. The molecule has 9 nitrogen and oxygen atoms in total. The first-order valence-corrected chi connectivity index (χ1v) is 11.2. The summed E-state index contributed by atoms with van der Waals surface area (Å²) in [5.41, 5.74) is 2.13. The average molecular weight is 487 g/mol. The summed E-state index contributed by atoms with van der Waals surface area (Å²) < 4.78 is 12.0. The minimum atomic E-state index is -0.884. The molecule has 0 spiro atoms. The number of methoxy groups -OCH3 is 2. The molecular weight excluding hydrogens is 460 g/mol. The lowest BCUT2D eigenvalue weighted by Gasteiger charge is -2.20. The number of anilines is 2. The van der Waals surface area contributed by atoms with Gasteiger partial charge in [-0.2, -0.15) is 0 Å². The predicted octanol–water partition coefficient (Wildman–Crippen LogP) is 4.24. The van der Waals surface area contributed by atoms with E-state index in [9.17, 15) is 14.4 Å². The zero-order valence-corrected chi connectivity index (χ0v) is 20.4. The van der Waals surface area contributed by atoms with E-state index in [2.05, 4.69) is 15.6 Å². The molecule has 0 radical (unpaired) electrons. The molecule has 1 atom stereocenters. The monoisotopic (exact) mass is 486 g/mol. The topological polar surface area (TPSA) is 112 Å². The lowest BCUT2D eigenvalue weighted by Crippen LogP contribution is -2.33. The normalized spacial score (nSPS) is 11.6. The first-order chi connectivity index (χ1) is 17.3. The van der Waals surface area contributed by atoms with Crippen molar-refractivity contribution in [2.45, 2.75) is 19.9 Å². The number of aromatic nitrogens is 2. The van der Waals surface area contributed by atoms with E-state index in [1.165, 1.54) is 25.7 Å². The fourth-order valence-electron chi connectivity index (χ4n) is 3.98. The molecular formula is C27H26N4O5. The molecule has 2 N–H and O–H groups in total. The molecule has 1 aromatic heterocycles. The number of carbonyl (C=O) groups is 2. The van der Waals surface area contributed by atoms with E-state index in [-0.39, 0.29) is 11.6 Å². The number of benzene rings is 3. The summed E-state index contributed by atoms with van der Waals surface area (Å²) in [6.07, 6.45) is 0.